The summed E-state index contributed by atoms with van der Waals surface area (Å²) in [5.41, 5.74) is 1.27. The van der Waals surface area contributed by atoms with Crippen LogP contribution < -0.4 is 10.0 Å². The molecule has 0 aliphatic carbocycles. The predicted octanol–water partition coefficient (Wildman–Crippen LogP) is 2.15. The first-order chi connectivity index (χ1) is 12.9. The molecule has 2 aromatic carbocycles. The highest BCUT2D eigenvalue weighted by Crippen LogP contribution is 2.07. The molecule has 2 aromatic rings. The van der Waals surface area contributed by atoms with Crippen molar-refractivity contribution in [3.63, 3.8) is 0 Å². The highest BCUT2D eigenvalue weighted by molar-refractivity contribution is 7.92. The molecular formula is C19H20N2O5S. The topological polar surface area (TPSA) is 102 Å². The van der Waals surface area contributed by atoms with Crippen LogP contribution in [0.2, 0.25) is 0 Å². The smallest absolute Gasteiger partial charge is 0.321 e. The minimum Gasteiger partial charge on any atom is -0.452 e. The summed E-state index contributed by atoms with van der Waals surface area (Å²) >= 11 is 0. The number of nitrogens with one attached hydrogen (secondary N) is 2. The van der Waals surface area contributed by atoms with Gasteiger partial charge in [-0.15, -0.1) is 0 Å². The van der Waals surface area contributed by atoms with Gasteiger partial charge in [0.25, 0.3) is 5.91 Å². The molecule has 0 unspecified atom stereocenters. The van der Waals surface area contributed by atoms with Crippen molar-refractivity contribution in [1.29, 1.82) is 0 Å². The number of esters is 1. The molecule has 142 valence electrons. The van der Waals surface area contributed by atoms with Crippen LogP contribution in [0.15, 0.2) is 66.1 Å². The summed E-state index contributed by atoms with van der Waals surface area (Å²) in [5.74, 6) is -1.37. The Balaban J connectivity index is 1.80. The molecule has 2 rings (SSSR count). The maximum absolute atomic E-state index is 12.0. The average Bonchev–Trinajstić information content (AvgIpc) is 2.66. The molecule has 0 spiro atoms. The zero-order chi connectivity index (χ0) is 19.7. The van der Waals surface area contributed by atoms with Gasteiger partial charge in [0.15, 0.2) is 6.10 Å². The number of benzene rings is 2. The van der Waals surface area contributed by atoms with E-state index in [1.165, 1.54) is 13.0 Å². The highest BCUT2D eigenvalue weighted by Gasteiger charge is 2.19. The van der Waals surface area contributed by atoms with Crippen molar-refractivity contribution in [2.24, 2.45) is 0 Å². The second-order valence-corrected chi connectivity index (χ2v) is 7.22. The van der Waals surface area contributed by atoms with Crippen molar-refractivity contribution in [2.75, 3.05) is 11.9 Å². The van der Waals surface area contributed by atoms with E-state index >= 15 is 0 Å². The van der Waals surface area contributed by atoms with Gasteiger partial charge in [-0.05, 0) is 30.7 Å². The standard InChI is InChI=1S/C19H20N2O5S/c1-15(19(23)21-17-10-6-3-7-11-17)26-18(22)14-20-27(24,25)13-12-16-8-4-2-5-9-16/h2-13,15,20H,14H2,1H3,(H,21,23)/b13-12+/t15-/m1/s1. The van der Waals surface area contributed by atoms with Gasteiger partial charge in [-0.2, -0.15) is 0 Å². The molecule has 0 saturated heterocycles. The second-order valence-electron chi connectivity index (χ2n) is 5.57. The second kappa shape index (κ2) is 9.65. The van der Waals surface area contributed by atoms with Crippen molar-refractivity contribution in [3.05, 3.63) is 71.6 Å². The predicted molar refractivity (Wildman–Crippen MR) is 103 cm³/mol. The van der Waals surface area contributed by atoms with Crippen LogP contribution in [0.5, 0.6) is 0 Å². The van der Waals surface area contributed by atoms with Gasteiger partial charge in [0.2, 0.25) is 10.0 Å². The average molecular weight is 388 g/mol. The Hall–Kier alpha value is -2.97. The van der Waals surface area contributed by atoms with Gasteiger partial charge in [-0.3, -0.25) is 9.59 Å². The van der Waals surface area contributed by atoms with E-state index in [1.807, 2.05) is 6.07 Å². The van der Waals surface area contributed by atoms with Gasteiger partial charge >= 0.3 is 5.97 Å². The zero-order valence-electron chi connectivity index (χ0n) is 14.7. The molecular weight excluding hydrogens is 368 g/mol. The van der Waals surface area contributed by atoms with Crippen LogP contribution >= 0.6 is 0 Å². The number of amides is 1. The molecule has 0 heterocycles. The van der Waals surface area contributed by atoms with Gasteiger partial charge in [0.05, 0.1) is 0 Å². The molecule has 0 aromatic heterocycles. The van der Waals surface area contributed by atoms with Gasteiger partial charge in [0.1, 0.15) is 6.54 Å². The summed E-state index contributed by atoms with van der Waals surface area (Å²) in [6.07, 6.45) is 0.339. The first-order valence-corrected chi connectivity index (χ1v) is 9.68. The number of carbonyl (C=O) groups is 2. The SMILES string of the molecule is C[C@@H](OC(=O)CNS(=O)(=O)/C=C/c1ccccc1)C(=O)Nc1ccccc1. The van der Waals surface area contributed by atoms with Crippen LogP contribution in [0.1, 0.15) is 12.5 Å². The summed E-state index contributed by atoms with van der Waals surface area (Å²) in [6.45, 7) is 0.824. The molecule has 0 saturated carbocycles. The van der Waals surface area contributed by atoms with E-state index < -0.39 is 34.5 Å². The van der Waals surface area contributed by atoms with Crippen molar-refractivity contribution >= 4 is 33.7 Å². The fourth-order valence-corrected chi connectivity index (χ4v) is 2.75. The molecule has 27 heavy (non-hydrogen) atoms. The van der Waals surface area contributed by atoms with Gasteiger partial charge in [0, 0.05) is 11.1 Å². The van der Waals surface area contributed by atoms with E-state index in [4.69, 9.17) is 4.74 Å². The molecule has 1 atom stereocenters. The lowest BCUT2D eigenvalue weighted by Crippen LogP contribution is -2.35. The number of carbonyl (C=O) groups excluding carboxylic acids is 2. The fourth-order valence-electron chi connectivity index (χ4n) is 2.00. The number of hydrogen-bond acceptors (Lipinski definition) is 5. The third-order valence-corrected chi connectivity index (χ3v) is 4.42. The number of anilines is 1. The van der Waals surface area contributed by atoms with Crippen molar-refractivity contribution < 1.29 is 22.7 Å². The van der Waals surface area contributed by atoms with Crippen molar-refractivity contribution in [1.82, 2.24) is 4.72 Å². The lowest BCUT2D eigenvalue weighted by atomic mass is 10.2. The van der Waals surface area contributed by atoms with Crippen molar-refractivity contribution in [2.45, 2.75) is 13.0 Å². The quantitative estimate of drug-likeness (QED) is 0.675. The lowest BCUT2D eigenvalue weighted by Gasteiger charge is -2.13. The number of ether oxygens (including phenoxy) is 1. The normalized spacial score (nSPS) is 12.5. The first kappa shape index (κ1) is 20.3. The summed E-state index contributed by atoms with van der Waals surface area (Å²) in [6, 6.07) is 17.6. The molecule has 0 bridgehead atoms. The molecule has 2 N–H and O–H groups in total. The minimum absolute atomic E-state index is 0.513. The van der Waals surface area contributed by atoms with Crippen LogP contribution in [0, 0.1) is 0 Å². The Labute approximate surface area is 158 Å². The van der Waals surface area contributed by atoms with Crippen LogP contribution in [0.25, 0.3) is 6.08 Å². The van der Waals surface area contributed by atoms with E-state index in [-0.39, 0.29) is 0 Å². The third-order valence-electron chi connectivity index (χ3n) is 3.38. The summed E-state index contributed by atoms with van der Waals surface area (Å²) in [4.78, 5) is 23.7. The van der Waals surface area contributed by atoms with Crippen LogP contribution in [0.4, 0.5) is 5.69 Å². The molecule has 7 nitrogen and oxygen atoms in total. The Kier molecular flexibility index (Phi) is 7.27. The van der Waals surface area contributed by atoms with Gasteiger partial charge in [-0.25, -0.2) is 13.1 Å². The molecule has 8 heteroatoms. The van der Waals surface area contributed by atoms with Crippen LogP contribution in [-0.2, 0) is 24.3 Å². The Bertz CT molecular complexity index is 896. The Morgan fingerprint density at radius 1 is 1.04 bits per heavy atom. The number of hydrogen-bond donors (Lipinski definition) is 2. The van der Waals surface area contributed by atoms with E-state index in [9.17, 15) is 18.0 Å². The summed E-state index contributed by atoms with van der Waals surface area (Å²) < 4.78 is 30.8. The molecule has 0 fully saturated rings. The third kappa shape index (κ3) is 7.43. The number of para-hydroxylation sites is 1. The van der Waals surface area contributed by atoms with E-state index in [1.54, 1.807) is 54.6 Å². The largest absolute Gasteiger partial charge is 0.452 e. The molecule has 0 aliphatic heterocycles. The Morgan fingerprint density at radius 3 is 2.26 bits per heavy atom. The molecule has 1 amide bonds. The summed E-state index contributed by atoms with van der Waals surface area (Å²) in [5, 5.41) is 3.55. The minimum atomic E-state index is -3.81. The fraction of sp³-hybridized carbons (Fsp3) is 0.158. The number of rotatable bonds is 8. The molecule has 0 aliphatic rings. The van der Waals surface area contributed by atoms with Crippen molar-refractivity contribution in [3.8, 4) is 0 Å². The Morgan fingerprint density at radius 2 is 1.63 bits per heavy atom. The van der Waals surface area contributed by atoms with Gasteiger partial charge < -0.3 is 10.1 Å². The number of sulfonamides is 1. The van der Waals surface area contributed by atoms with E-state index in [0.717, 1.165) is 5.41 Å². The molecule has 0 radical (unpaired) electrons. The summed E-state index contributed by atoms with van der Waals surface area (Å²) in [7, 11) is -3.81. The zero-order valence-corrected chi connectivity index (χ0v) is 15.5. The van der Waals surface area contributed by atoms with E-state index in [2.05, 4.69) is 10.0 Å². The first-order valence-electron chi connectivity index (χ1n) is 8.14. The van der Waals surface area contributed by atoms with E-state index in [0.29, 0.717) is 11.3 Å². The van der Waals surface area contributed by atoms with Crippen LogP contribution in [-0.4, -0.2) is 32.9 Å². The van der Waals surface area contributed by atoms with Crippen LogP contribution in [0.3, 0.4) is 0 Å². The maximum atomic E-state index is 12.0. The monoisotopic (exact) mass is 388 g/mol. The highest BCUT2D eigenvalue weighted by atomic mass is 32.2. The van der Waals surface area contributed by atoms with Gasteiger partial charge in [-0.1, -0.05) is 48.5 Å². The maximum Gasteiger partial charge on any atom is 0.321 e. The lowest BCUT2D eigenvalue weighted by molar-refractivity contribution is -0.151.